The fourth-order valence-electron chi connectivity index (χ4n) is 3.01. The molecule has 0 radical (unpaired) electrons. The first-order chi connectivity index (χ1) is 17.9. The molecular formula is C22H34N2O13. The van der Waals surface area contributed by atoms with Gasteiger partial charge in [0.05, 0.1) is 78.9 Å². The minimum atomic E-state index is -1.09. The Morgan fingerprint density at radius 2 is 1.03 bits per heavy atom. The number of amides is 3. The summed E-state index contributed by atoms with van der Waals surface area (Å²) in [4.78, 5) is 66.8. The zero-order valence-electron chi connectivity index (χ0n) is 20.6. The van der Waals surface area contributed by atoms with E-state index in [9.17, 15) is 29.1 Å². The van der Waals surface area contributed by atoms with Crippen LogP contribution in [0, 0.1) is 0 Å². The third kappa shape index (κ3) is 12.4. The highest BCUT2D eigenvalue weighted by Gasteiger charge is 2.33. The summed E-state index contributed by atoms with van der Waals surface area (Å²) < 4.78 is 26.5. The predicted octanol–water partition coefficient (Wildman–Crippen LogP) is -1.14. The van der Waals surface area contributed by atoms with Crippen LogP contribution in [0.4, 0.5) is 0 Å². The molecule has 1 unspecified atom stereocenters. The molecule has 2 heterocycles. The minimum absolute atomic E-state index is 0.0472. The highest BCUT2D eigenvalue weighted by molar-refractivity contribution is 6.01. The maximum absolute atomic E-state index is 11.6. The largest absolute Gasteiger partial charge is 0.378 e. The summed E-state index contributed by atoms with van der Waals surface area (Å²) in [5.74, 6) is -2.85. The van der Waals surface area contributed by atoms with Crippen molar-refractivity contribution in [3.63, 3.8) is 0 Å². The van der Waals surface area contributed by atoms with Crippen LogP contribution >= 0.6 is 0 Å². The van der Waals surface area contributed by atoms with Gasteiger partial charge in [-0.05, 0) is 0 Å². The Hall–Kier alpha value is -2.69. The molecule has 3 amide bonds. The number of nitrogens with zero attached hydrogens (tertiary/aromatic N) is 2. The van der Waals surface area contributed by atoms with Gasteiger partial charge in [-0.3, -0.25) is 14.4 Å². The monoisotopic (exact) mass is 534 g/mol. The molecular weight excluding hydrogens is 500 g/mol. The van der Waals surface area contributed by atoms with Crippen molar-refractivity contribution < 1.29 is 62.4 Å². The number of carbonyl (C=O) groups is 5. The molecule has 0 spiro atoms. The predicted molar refractivity (Wildman–Crippen MR) is 119 cm³/mol. The lowest BCUT2D eigenvalue weighted by Crippen LogP contribution is -2.35. The summed E-state index contributed by atoms with van der Waals surface area (Å²) >= 11 is 0. The molecule has 0 aromatic carbocycles. The molecule has 0 aliphatic carbocycles. The van der Waals surface area contributed by atoms with Gasteiger partial charge >= 0.3 is 11.9 Å². The van der Waals surface area contributed by atoms with Crippen LogP contribution in [0.25, 0.3) is 0 Å². The van der Waals surface area contributed by atoms with Crippen molar-refractivity contribution in [1.82, 2.24) is 10.1 Å². The molecule has 2 saturated heterocycles. The van der Waals surface area contributed by atoms with Crippen molar-refractivity contribution in [3.8, 4) is 0 Å². The van der Waals surface area contributed by atoms with Crippen LogP contribution in [0.1, 0.15) is 38.5 Å². The molecule has 37 heavy (non-hydrogen) atoms. The highest BCUT2D eigenvalue weighted by Crippen LogP contribution is 2.17. The van der Waals surface area contributed by atoms with Crippen LogP contribution in [-0.4, -0.2) is 117 Å². The Labute approximate surface area is 213 Å². The van der Waals surface area contributed by atoms with E-state index < -0.39 is 35.9 Å². The van der Waals surface area contributed by atoms with Crippen molar-refractivity contribution in [2.75, 3.05) is 66.1 Å². The van der Waals surface area contributed by atoms with Crippen molar-refractivity contribution in [2.45, 2.75) is 44.8 Å². The van der Waals surface area contributed by atoms with E-state index in [1.807, 2.05) is 0 Å². The molecule has 210 valence electrons. The molecule has 1 atom stereocenters. The Bertz CT molecular complexity index is 747. The van der Waals surface area contributed by atoms with Crippen molar-refractivity contribution in [3.05, 3.63) is 0 Å². The molecule has 0 aromatic heterocycles. The standard InChI is InChI=1S/C22H34N2O13/c25-17-1-2-18(26)23(17)36-21(29)5-7-31-9-11-33-13-15-35-16-14-34-12-10-32-8-6-22(30)37-24-19(27)3-4-20(24)28/h17,25H,1-16H2. The Morgan fingerprint density at radius 1 is 0.622 bits per heavy atom. The van der Waals surface area contributed by atoms with Crippen molar-refractivity contribution >= 4 is 29.7 Å². The number of imide groups is 1. The molecule has 2 aliphatic rings. The van der Waals surface area contributed by atoms with Gasteiger partial charge in [-0.15, -0.1) is 10.1 Å². The van der Waals surface area contributed by atoms with E-state index in [1.165, 1.54) is 0 Å². The first-order valence-electron chi connectivity index (χ1n) is 12.0. The smallest absolute Gasteiger partial charge is 0.335 e. The number of aliphatic hydroxyl groups excluding tert-OH is 1. The first kappa shape index (κ1) is 30.5. The second-order valence-corrected chi connectivity index (χ2v) is 7.81. The maximum Gasteiger partial charge on any atom is 0.335 e. The second-order valence-electron chi connectivity index (χ2n) is 7.81. The van der Waals surface area contributed by atoms with E-state index in [-0.39, 0.29) is 65.0 Å². The van der Waals surface area contributed by atoms with Crippen LogP contribution in [-0.2, 0) is 57.3 Å². The average Bonchev–Trinajstić information content (AvgIpc) is 3.36. The van der Waals surface area contributed by atoms with Crippen LogP contribution in [0.3, 0.4) is 0 Å². The van der Waals surface area contributed by atoms with Crippen LogP contribution in [0.15, 0.2) is 0 Å². The zero-order chi connectivity index (χ0) is 26.9. The number of ether oxygens (including phenoxy) is 5. The third-order valence-electron chi connectivity index (χ3n) is 4.92. The van der Waals surface area contributed by atoms with E-state index >= 15 is 0 Å². The van der Waals surface area contributed by atoms with Crippen LogP contribution in [0.5, 0.6) is 0 Å². The van der Waals surface area contributed by atoms with Gasteiger partial charge in [0.2, 0.25) is 0 Å². The van der Waals surface area contributed by atoms with E-state index in [2.05, 4.69) is 0 Å². The van der Waals surface area contributed by atoms with Crippen LogP contribution < -0.4 is 0 Å². The normalized spacial score (nSPS) is 17.6. The first-order valence-corrected chi connectivity index (χ1v) is 12.0. The third-order valence-corrected chi connectivity index (χ3v) is 4.92. The van der Waals surface area contributed by atoms with E-state index in [0.717, 1.165) is 0 Å². The molecule has 2 aliphatic heterocycles. The van der Waals surface area contributed by atoms with Gasteiger partial charge in [0.15, 0.2) is 6.23 Å². The molecule has 2 fully saturated rings. The topological polar surface area (TPSA) is 177 Å². The van der Waals surface area contributed by atoms with Crippen LogP contribution in [0.2, 0.25) is 0 Å². The minimum Gasteiger partial charge on any atom is -0.378 e. The molecule has 0 saturated carbocycles. The molecule has 15 heteroatoms. The lowest BCUT2D eigenvalue weighted by molar-refractivity contribution is -0.221. The Kier molecular flexibility index (Phi) is 14.6. The van der Waals surface area contributed by atoms with Crippen molar-refractivity contribution in [1.29, 1.82) is 0 Å². The van der Waals surface area contributed by atoms with E-state index in [0.29, 0.717) is 49.8 Å². The number of hydrogen-bond acceptors (Lipinski definition) is 13. The Balaban J connectivity index is 1.27. The van der Waals surface area contributed by atoms with Gasteiger partial charge in [0.1, 0.15) is 0 Å². The number of hydrogen-bond donors (Lipinski definition) is 1. The number of hydroxylamine groups is 4. The van der Waals surface area contributed by atoms with E-state index in [4.69, 9.17) is 33.4 Å². The summed E-state index contributed by atoms with van der Waals surface area (Å²) in [6, 6.07) is 0. The quantitative estimate of drug-likeness (QED) is 0.147. The second kappa shape index (κ2) is 17.7. The van der Waals surface area contributed by atoms with Gasteiger partial charge in [0, 0.05) is 25.7 Å². The highest BCUT2D eigenvalue weighted by atomic mass is 16.7. The maximum atomic E-state index is 11.6. The molecule has 2 rings (SSSR count). The Morgan fingerprint density at radius 3 is 1.43 bits per heavy atom. The van der Waals surface area contributed by atoms with Gasteiger partial charge in [-0.2, -0.15) is 0 Å². The number of carbonyl (C=O) groups excluding carboxylic acids is 5. The van der Waals surface area contributed by atoms with Gasteiger partial charge in [0.25, 0.3) is 17.7 Å². The average molecular weight is 535 g/mol. The fourth-order valence-corrected chi connectivity index (χ4v) is 3.01. The van der Waals surface area contributed by atoms with Gasteiger partial charge < -0.3 is 38.5 Å². The molecule has 15 nitrogen and oxygen atoms in total. The van der Waals surface area contributed by atoms with Gasteiger partial charge in [-0.25, -0.2) is 9.59 Å². The molecule has 0 bridgehead atoms. The SMILES string of the molecule is O=C(CCOCCOCCOCCOCCOCCC(=O)ON1C(=O)CCC1O)ON1C(=O)CCC1=O. The van der Waals surface area contributed by atoms with Gasteiger partial charge in [-0.1, -0.05) is 0 Å². The number of rotatable bonds is 20. The summed E-state index contributed by atoms with van der Waals surface area (Å²) in [6.45, 7) is 2.75. The summed E-state index contributed by atoms with van der Waals surface area (Å²) in [5.41, 5.74) is 0. The lowest BCUT2D eigenvalue weighted by Gasteiger charge is -2.18. The lowest BCUT2D eigenvalue weighted by atomic mass is 10.4. The molecule has 0 aromatic rings. The fraction of sp³-hybridized carbons (Fsp3) is 0.773. The summed E-state index contributed by atoms with van der Waals surface area (Å²) in [7, 11) is 0. The van der Waals surface area contributed by atoms with E-state index in [1.54, 1.807) is 0 Å². The summed E-state index contributed by atoms with van der Waals surface area (Å²) in [6.07, 6.45) is -0.760. The summed E-state index contributed by atoms with van der Waals surface area (Å²) in [5, 5.41) is 10.7. The number of aliphatic hydroxyl groups is 1. The van der Waals surface area contributed by atoms with Crippen molar-refractivity contribution in [2.24, 2.45) is 0 Å². The molecule has 1 N–H and O–H groups in total. The zero-order valence-corrected chi connectivity index (χ0v) is 20.6.